The molecule has 0 aliphatic carbocycles. The van der Waals surface area contributed by atoms with Gasteiger partial charge < -0.3 is 15.7 Å². The Morgan fingerprint density at radius 2 is 1.84 bits per heavy atom. The second kappa shape index (κ2) is 6.65. The van der Waals surface area contributed by atoms with E-state index in [0.717, 1.165) is 18.7 Å². The summed E-state index contributed by atoms with van der Waals surface area (Å²) in [6, 6.07) is 8.87. The van der Waals surface area contributed by atoms with Crippen LogP contribution in [0.4, 0.5) is 0 Å². The predicted molar refractivity (Wildman–Crippen MR) is 73.5 cm³/mol. The van der Waals surface area contributed by atoms with Gasteiger partial charge in [-0.2, -0.15) is 0 Å². The molecule has 5 heteroatoms. The Balaban J connectivity index is 1.91. The van der Waals surface area contributed by atoms with Crippen LogP contribution >= 0.6 is 0 Å². The van der Waals surface area contributed by atoms with Crippen LogP contribution in [0.5, 0.6) is 0 Å². The lowest BCUT2D eigenvalue weighted by Gasteiger charge is -2.35. The van der Waals surface area contributed by atoms with Crippen LogP contribution in [-0.4, -0.2) is 60.1 Å². The van der Waals surface area contributed by atoms with Gasteiger partial charge in [-0.15, -0.1) is 0 Å². The second-order valence-corrected chi connectivity index (χ2v) is 4.78. The van der Waals surface area contributed by atoms with Gasteiger partial charge in [-0.1, -0.05) is 30.3 Å². The highest BCUT2D eigenvalue weighted by Gasteiger charge is 2.25. The van der Waals surface area contributed by atoms with Crippen LogP contribution in [0.2, 0.25) is 0 Å². The van der Waals surface area contributed by atoms with Crippen molar-refractivity contribution >= 4 is 5.91 Å². The van der Waals surface area contributed by atoms with Gasteiger partial charge in [0.2, 0.25) is 5.91 Å². The molecule has 0 bridgehead atoms. The largest absolute Gasteiger partial charge is 0.395 e. The zero-order valence-electron chi connectivity index (χ0n) is 11.0. The Morgan fingerprint density at radius 1 is 1.21 bits per heavy atom. The van der Waals surface area contributed by atoms with Crippen molar-refractivity contribution in [3.05, 3.63) is 35.9 Å². The minimum atomic E-state index is -0.578. The molecular weight excluding hydrogens is 242 g/mol. The number of aliphatic hydroxyl groups is 1. The fourth-order valence-corrected chi connectivity index (χ4v) is 2.33. The first-order valence-corrected chi connectivity index (χ1v) is 6.65. The molecule has 2 rings (SSSR count). The van der Waals surface area contributed by atoms with E-state index in [1.165, 1.54) is 0 Å². The second-order valence-electron chi connectivity index (χ2n) is 4.78. The Labute approximate surface area is 113 Å². The number of β-amino-alcohol motifs (C(OH)–C–C–N with tert-alkyl or cyclic N) is 1. The van der Waals surface area contributed by atoms with Gasteiger partial charge in [-0.05, 0) is 5.56 Å². The van der Waals surface area contributed by atoms with Gasteiger partial charge >= 0.3 is 0 Å². The lowest BCUT2D eigenvalue weighted by atomic mass is 10.1. The van der Waals surface area contributed by atoms with Crippen molar-refractivity contribution in [3.63, 3.8) is 0 Å². The molecule has 1 unspecified atom stereocenters. The van der Waals surface area contributed by atoms with Crippen LogP contribution in [0, 0.1) is 0 Å². The molecule has 1 atom stereocenters. The van der Waals surface area contributed by atoms with Gasteiger partial charge in [0.25, 0.3) is 0 Å². The Bertz CT molecular complexity index is 402. The van der Waals surface area contributed by atoms with E-state index in [9.17, 15) is 4.79 Å². The molecule has 1 aliphatic heterocycles. The number of rotatable bonds is 4. The molecule has 1 aromatic rings. The summed E-state index contributed by atoms with van der Waals surface area (Å²) < 4.78 is 0. The first kappa shape index (κ1) is 14.0. The van der Waals surface area contributed by atoms with Crippen LogP contribution in [0.25, 0.3) is 0 Å². The number of aliphatic hydroxyl groups excluding tert-OH is 1. The van der Waals surface area contributed by atoms with Gasteiger partial charge in [0.05, 0.1) is 6.61 Å². The molecule has 1 fully saturated rings. The van der Waals surface area contributed by atoms with Crippen molar-refractivity contribution in [1.82, 2.24) is 9.80 Å². The summed E-state index contributed by atoms with van der Waals surface area (Å²) in [5.74, 6) is -0.0187. The summed E-state index contributed by atoms with van der Waals surface area (Å²) in [5, 5.41) is 8.89. The zero-order chi connectivity index (χ0) is 13.7. The fraction of sp³-hybridized carbons (Fsp3) is 0.500. The predicted octanol–water partition coefficient (Wildman–Crippen LogP) is -0.177. The minimum Gasteiger partial charge on any atom is -0.395 e. The highest BCUT2D eigenvalue weighted by Crippen LogP contribution is 2.14. The molecule has 104 valence electrons. The van der Waals surface area contributed by atoms with Crippen molar-refractivity contribution in [2.24, 2.45) is 5.73 Å². The number of carbonyl (C=O) groups is 1. The molecule has 1 saturated heterocycles. The number of hydrogen-bond donors (Lipinski definition) is 2. The molecule has 1 aliphatic rings. The number of nitrogens with two attached hydrogens (primary N) is 1. The molecule has 1 heterocycles. The van der Waals surface area contributed by atoms with E-state index >= 15 is 0 Å². The molecule has 0 spiro atoms. The van der Waals surface area contributed by atoms with Crippen molar-refractivity contribution in [2.75, 3.05) is 39.3 Å². The summed E-state index contributed by atoms with van der Waals surface area (Å²) in [6.45, 7) is 3.80. The molecular formula is C14H21N3O2. The van der Waals surface area contributed by atoms with E-state index in [0.29, 0.717) is 19.6 Å². The molecule has 3 N–H and O–H groups in total. The van der Waals surface area contributed by atoms with Crippen molar-refractivity contribution in [1.29, 1.82) is 0 Å². The van der Waals surface area contributed by atoms with Crippen LogP contribution in [0.15, 0.2) is 30.3 Å². The van der Waals surface area contributed by atoms with E-state index < -0.39 is 6.04 Å². The average Bonchev–Trinajstić information content (AvgIpc) is 2.48. The van der Waals surface area contributed by atoms with Gasteiger partial charge in [-0.25, -0.2) is 0 Å². The number of benzene rings is 1. The molecule has 1 amide bonds. The first-order chi connectivity index (χ1) is 9.22. The Kier molecular flexibility index (Phi) is 4.90. The molecule has 19 heavy (non-hydrogen) atoms. The number of carbonyl (C=O) groups excluding carboxylic acids is 1. The standard InChI is InChI=1S/C14H21N3O2/c15-13(12-4-2-1-3-5-12)14(19)17-8-6-16(7-9-17)10-11-18/h1-5,13,18H,6-11,15H2. The third-order valence-corrected chi connectivity index (χ3v) is 3.52. The topological polar surface area (TPSA) is 69.8 Å². The normalized spacial score (nSPS) is 18.3. The average molecular weight is 263 g/mol. The monoisotopic (exact) mass is 263 g/mol. The Morgan fingerprint density at radius 3 is 2.42 bits per heavy atom. The number of piperazine rings is 1. The van der Waals surface area contributed by atoms with Gasteiger partial charge in [0.15, 0.2) is 0 Å². The van der Waals surface area contributed by atoms with Crippen molar-refractivity contribution in [3.8, 4) is 0 Å². The lowest BCUT2D eigenvalue weighted by molar-refractivity contribution is -0.134. The van der Waals surface area contributed by atoms with E-state index in [-0.39, 0.29) is 12.5 Å². The number of amides is 1. The van der Waals surface area contributed by atoms with Gasteiger partial charge in [-0.3, -0.25) is 9.69 Å². The molecule has 0 radical (unpaired) electrons. The summed E-state index contributed by atoms with van der Waals surface area (Å²) in [4.78, 5) is 16.3. The summed E-state index contributed by atoms with van der Waals surface area (Å²) in [5.41, 5.74) is 6.87. The van der Waals surface area contributed by atoms with Crippen molar-refractivity contribution < 1.29 is 9.90 Å². The fourth-order valence-electron chi connectivity index (χ4n) is 2.33. The maximum atomic E-state index is 12.3. The minimum absolute atomic E-state index is 0.0187. The number of hydrogen-bond acceptors (Lipinski definition) is 4. The molecule has 0 aromatic heterocycles. The molecule has 5 nitrogen and oxygen atoms in total. The lowest BCUT2D eigenvalue weighted by Crippen LogP contribution is -2.51. The zero-order valence-corrected chi connectivity index (χ0v) is 11.0. The van der Waals surface area contributed by atoms with Crippen LogP contribution in [-0.2, 0) is 4.79 Å². The maximum absolute atomic E-state index is 12.3. The van der Waals surface area contributed by atoms with Crippen LogP contribution < -0.4 is 5.73 Å². The molecule has 0 saturated carbocycles. The maximum Gasteiger partial charge on any atom is 0.244 e. The quantitative estimate of drug-likeness (QED) is 0.791. The van der Waals surface area contributed by atoms with E-state index in [4.69, 9.17) is 10.8 Å². The number of nitrogens with zero attached hydrogens (tertiary/aromatic N) is 2. The summed E-state index contributed by atoms with van der Waals surface area (Å²) in [7, 11) is 0. The van der Waals surface area contributed by atoms with E-state index in [1.807, 2.05) is 35.2 Å². The molecule has 1 aromatic carbocycles. The first-order valence-electron chi connectivity index (χ1n) is 6.65. The SMILES string of the molecule is NC(C(=O)N1CCN(CCO)CC1)c1ccccc1. The summed E-state index contributed by atoms with van der Waals surface area (Å²) in [6.07, 6.45) is 0. The highest BCUT2D eigenvalue weighted by atomic mass is 16.3. The van der Waals surface area contributed by atoms with Gasteiger partial charge in [0.1, 0.15) is 6.04 Å². The third-order valence-electron chi connectivity index (χ3n) is 3.52. The highest BCUT2D eigenvalue weighted by molar-refractivity contribution is 5.83. The smallest absolute Gasteiger partial charge is 0.244 e. The third kappa shape index (κ3) is 3.53. The van der Waals surface area contributed by atoms with Crippen molar-refractivity contribution in [2.45, 2.75) is 6.04 Å². The Hall–Kier alpha value is -1.43. The summed E-state index contributed by atoms with van der Waals surface area (Å²) >= 11 is 0. The van der Waals surface area contributed by atoms with E-state index in [1.54, 1.807) is 0 Å². The van der Waals surface area contributed by atoms with E-state index in [2.05, 4.69) is 4.90 Å². The van der Waals surface area contributed by atoms with Crippen LogP contribution in [0.3, 0.4) is 0 Å². The van der Waals surface area contributed by atoms with Gasteiger partial charge in [0, 0.05) is 32.7 Å². The van der Waals surface area contributed by atoms with Crippen LogP contribution in [0.1, 0.15) is 11.6 Å².